The van der Waals surface area contributed by atoms with Crippen molar-refractivity contribution in [3.8, 4) is 0 Å². The van der Waals surface area contributed by atoms with Gasteiger partial charge < -0.3 is 4.74 Å². The molecule has 4 heteroatoms. The standard InChI is InChI=1S/C13H12Cl2O2/c1-17-13(16)10-4-2-3-9(10)8-5-6-11(14)12(15)7-8/h5-7H,2-4H2,1H3. The van der Waals surface area contributed by atoms with E-state index in [0.29, 0.717) is 10.0 Å². The monoisotopic (exact) mass is 270 g/mol. The van der Waals surface area contributed by atoms with Crippen LogP contribution in [-0.4, -0.2) is 13.1 Å². The summed E-state index contributed by atoms with van der Waals surface area (Å²) >= 11 is 11.9. The molecule has 0 amide bonds. The first kappa shape index (κ1) is 12.5. The predicted molar refractivity (Wildman–Crippen MR) is 69.2 cm³/mol. The Morgan fingerprint density at radius 3 is 2.65 bits per heavy atom. The van der Waals surface area contributed by atoms with E-state index in [2.05, 4.69) is 0 Å². The van der Waals surface area contributed by atoms with Gasteiger partial charge in [-0.15, -0.1) is 0 Å². The van der Waals surface area contributed by atoms with Crippen LogP contribution in [0.15, 0.2) is 23.8 Å². The van der Waals surface area contributed by atoms with Gasteiger partial charge in [0.25, 0.3) is 0 Å². The highest BCUT2D eigenvalue weighted by molar-refractivity contribution is 6.42. The van der Waals surface area contributed by atoms with Crippen molar-refractivity contribution >= 4 is 34.7 Å². The summed E-state index contributed by atoms with van der Waals surface area (Å²) in [6.07, 6.45) is 2.62. The van der Waals surface area contributed by atoms with Crippen molar-refractivity contribution in [2.75, 3.05) is 7.11 Å². The maximum Gasteiger partial charge on any atom is 0.334 e. The van der Waals surface area contributed by atoms with Crippen LogP contribution in [0.3, 0.4) is 0 Å². The van der Waals surface area contributed by atoms with Gasteiger partial charge in [-0.2, -0.15) is 0 Å². The van der Waals surface area contributed by atoms with Crippen molar-refractivity contribution in [2.45, 2.75) is 19.3 Å². The molecule has 0 atom stereocenters. The minimum absolute atomic E-state index is 0.247. The van der Waals surface area contributed by atoms with Crippen molar-refractivity contribution in [1.29, 1.82) is 0 Å². The van der Waals surface area contributed by atoms with E-state index in [9.17, 15) is 4.79 Å². The zero-order valence-electron chi connectivity index (χ0n) is 9.43. The van der Waals surface area contributed by atoms with Crippen LogP contribution < -0.4 is 0 Å². The van der Waals surface area contributed by atoms with Crippen molar-refractivity contribution in [3.63, 3.8) is 0 Å². The molecule has 0 saturated heterocycles. The third-order valence-corrected chi connectivity index (χ3v) is 3.66. The third kappa shape index (κ3) is 2.48. The second kappa shape index (κ2) is 5.11. The fourth-order valence-corrected chi connectivity index (χ4v) is 2.39. The lowest BCUT2D eigenvalue weighted by molar-refractivity contribution is -0.136. The number of carbonyl (C=O) groups excluding carboxylic acids is 1. The summed E-state index contributed by atoms with van der Waals surface area (Å²) in [6.45, 7) is 0. The predicted octanol–water partition coefficient (Wildman–Crippen LogP) is 4.10. The first-order chi connectivity index (χ1) is 8.13. The van der Waals surface area contributed by atoms with Crippen LogP contribution in [0.4, 0.5) is 0 Å². The molecule has 0 spiro atoms. The Bertz CT molecular complexity index is 492. The van der Waals surface area contributed by atoms with E-state index in [1.165, 1.54) is 7.11 Å². The zero-order valence-corrected chi connectivity index (χ0v) is 10.9. The lowest BCUT2D eigenvalue weighted by Crippen LogP contribution is -2.04. The molecule has 0 bridgehead atoms. The largest absolute Gasteiger partial charge is 0.466 e. The Hall–Kier alpha value is -0.990. The number of ether oxygens (including phenoxy) is 1. The molecule has 0 saturated carbocycles. The van der Waals surface area contributed by atoms with Gasteiger partial charge in [-0.3, -0.25) is 0 Å². The Kier molecular flexibility index (Phi) is 3.75. The van der Waals surface area contributed by atoms with E-state index in [1.807, 2.05) is 6.07 Å². The van der Waals surface area contributed by atoms with Crippen LogP contribution >= 0.6 is 23.2 Å². The fraction of sp³-hybridized carbons (Fsp3) is 0.308. The van der Waals surface area contributed by atoms with Crippen LogP contribution in [0.5, 0.6) is 0 Å². The van der Waals surface area contributed by atoms with Crippen LogP contribution in [0.25, 0.3) is 5.57 Å². The average Bonchev–Trinajstić information content (AvgIpc) is 2.80. The number of benzene rings is 1. The minimum atomic E-state index is -0.247. The second-order valence-corrected chi connectivity index (χ2v) is 4.75. The van der Waals surface area contributed by atoms with Crippen molar-refractivity contribution < 1.29 is 9.53 Å². The molecule has 1 aromatic rings. The van der Waals surface area contributed by atoms with E-state index in [-0.39, 0.29) is 5.97 Å². The molecule has 2 rings (SSSR count). The highest BCUT2D eigenvalue weighted by atomic mass is 35.5. The molecule has 0 unspecified atom stereocenters. The molecule has 0 heterocycles. The summed E-state index contributed by atoms with van der Waals surface area (Å²) in [5.41, 5.74) is 2.73. The molecular formula is C13H12Cl2O2. The molecule has 0 aromatic heterocycles. The summed E-state index contributed by atoms with van der Waals surface area (Å²) in [7, 11) is 1.40. The highest BCUT2D eigenvalue weighted by Crippen LogP contribution is 2.36. The highest BCUT2D eigenvalue weighted by Gasteiger charge is 2.22. The maximum absolute atomic E-state index is 11.6. The van der Waals surface area contributed by atoms with E-state index in [1.54, 1.807) is 12.1 Å². The van der Waals surface area contributed by atoms with Gasteiger partial charge in [0.15, 0.2) is 0 Å². The second-order valence-electron chi connectivity index (χ2n) is 3.93. The number of methoxy groups -OCH3 is 1. The summed E-state index contributed by atoms with van der Waals surface area (Å²) in [4.78, 5) is 11.6. The Labute approximate surface area is 110 Å². The van der Waals surface area contributed by atoms with Gasteiger partial charge in [0.05, 0.1) is 17.2 Å². The van der Waals surface area contributed by atoms with Gasteiger partial charge in [-0.05, 0) is 42.5 Å². The number of carbonyl (C=O) groups is 1. The molecule has 90 valence electrons. The molecule has 1 aliphatic carbocycles. The Morgan fingerprint density at radius 1 is 1.24 bits per heavy atom. The first-order valence-corrected chi connectivity index (χ1v) is 6.15. The first-order valence-electron chi connectivity index (χ1n) is 5.39. The SMILES string of the molecule is COC(=O)C1=C(c2ccc(Cl)c(Cl)c2)CCC1. The van der Waals surface area contributed by atoms with Crippen LogP contribution in [0, 0.1) is 0 Å². The van der Waals surface area contributed by atoms with Gasteiger partial charge in [0.2, 0.25) is 0 Å². The topological polar surface area (TPSA) is 26.3 Å². The molecule has 0 N–H and O–H groups in total. The summed E-state index contributed by atoms with van der Waals surface area (Å²) < 4.78 is 4.78. The van der Waals surface area contributed by atoms with Crippen LogP contribution in [0.2, 0.25) is 10.0 Å². The number of hydrogen-bond donors (Lipinski definition) is 0. The zero-order chi connectivity index (χ0) is 12.4. The lowest BCUT2D eigenvalue weighted by atomic mass is 10.0. The van der Waals surface area contributed by atoms with Crippen molar-refractivity contribution in [3.05, 3.63) is 39.4 Å². The number of rotatable bonds is 2. The smallest absolute Gasteiger partial charge is 0.334 e. The molecule has 1 aliphatic rings. The van der Waals surface area contributed by atoms with E-state index in [0.717, 1.165) is 36.0 Å². The molecule has 0 fully saturated rings. The summed E-state index contributed by atoms with van der Waals surface area (Å²) in [5, 5.41) is 1.03. The fourth-order valence-electron chi connectivity index (χ4n) is 2.09. The van der Waals surface area contributed by atoms with Crippen molar-refractivity contribution in [2.24, 2.45) is 0 Å². The Balaban J connectivity index is 2.44. The average molecular weight is 271 g/mol. The number of allylic oxidation sites excluding steroid dienone is 1. The maximum atomic E-state index is 11.6. The lowest BCUT2D eigenvalue weighted by Gasteiger charge is -2.07. The third-order valence-electron chi connectivity index (χ3n) is 2.92. The normalized spacial score (nSPS) is 15.2. The summed E-state index contributed by atoms with van der Waals surface area (Å²) in [5.74, 6) is -0.247. The van der Waals surface area contributed by atoms with Crippen LogP contribution in [0.1, 0.15) is 24.8 Å². The van der Waals surface area contributed by atoms with Gasteiger partial charge in [-0.1, -0.05) is 29.3 Å². The van der Waals surface area contributed by atoms with E-state index in [4.69, 9.17) is 27.9 Å². The molecule has 1 aromatic carbocycles. The number of halogens is 2. The molecule has 0 radical (unpaired) electrons. The molecule has 2 nitrogen and oxygen atoms in total. The quantitative estimate of drug-likeness (QED) is 0.757. The van der Waals surface area contributed by atoms with Crippen molar-refractivity contribution in [1.82, 2.24) is 0 Å². The molecule has 17 heavy (non-hydrogen) atoms. The molecule has 0 aliphatic heterocycles. The minimum Gasteiger partial charge on any atom is -0.466 e. The number of hydrogen-bond acceptors (Lipinski definition) is 2. The Morgan fingerprint density at radius 2 is 2.00 bits per heavy atom. The molecular weight excluding hydrogens is 259 g/mol. The van der Waals surface area contributed by atoms with Gasteiger partial charge in [0, 0.05) is 5.57 Å². The van der Waals surface area contributed by atoms with Crippen LogP contribution in [-0.2, 0) is 9.53 Å². The number of esters is 1. The van der Waals surface area contributed by atoms with E-state index >= 15 is 0 Å². The van der Waals surface area contributed by atoms with Gasteiger partial charge >= 0.3 is 5.97 Å². The van der Waals surface area contributed by atoms with Gasteiger partial charge in [-0.25, -0.2) is 4.79 Å². The van der Waals surface area contributed by atoms with Gasteiger partial charge in [0.1, 0.15) is 0 Å². The summed E-state index contributed by atoms with van der Waals surface area (Å²) in [6, 6.07) is 5.44. The van der Waals surface area contributed by atoms with E-state index < -0.39 is 0 Å².